The number of benzene rings is 1. The van der Waals surface area contributed by atoms with E-state index >= 15 is 0 Å². The molecule has 0 spiro atoms. The molecule has 1 saturated heterocycles. The number of nitrogens with zero attached hydrogens (tertiary/aromatic N) is 1. The molecule has 2 aromatic rings. The van der Waals surface area contributed by atoms with Crippen molar-refractivity contribution < 1.29 is 13.9 Å². The first-order valence-corrected chi connectivity index (χ1v) is 9.22. The molecule has 1 aliphatic rings. The number of carbonyl (C=O) groups excluding carboxylic acids is 1. The van der Waals surface area contributed by atoms with Crippen molar-refractivity contribution >= 4 is 16.9 Å². The Hall–Kier alpha value is -2.01. The molecule has 2 atom stereocenters. The first-order chi connectivity index (χ1) is 12.2. The van der Waals surface area contributed by atoms with Gasteiger partial charge in [0.2, 0.25) is 5.91 Å². The van der Waals surface area contributed by atoms with Gasteiger partial charge in [-0.05, 0) is 24.5 Å². The summed E-state index contributed by atoms with van der Waals surface area (Å²) in [6.07, 6.45) is 2.66. The largest absolute Gasteiger partial charge is 0.493 e. The van der Waals surface area contributed by atoms with E-state index in [2.05, 4.69) is 18.3 Å². The first-order valence-electron chi connectivity index (χ1n) is 9.22. The zero-order chi connectivity index (χ0) is 17.8. The van der Waals surface area contributed by atoms with Gasteiger partial charge in [0.05, 0.1) is 13.7 Å². The second-order valence-electron chi connectivity index (χ2n) is 6.73. The van der Waals surface area contributed by atoms with Crippen molar-refractivity contribution in [2.24, 2.45) is 5.92 Å². The number of nitrogens with one attached hydrogen (secondary N) is 1. The van der Waals surface area contributed by atoms with Crippen molar-refractivity contribution in [3.8, 4) is 5.75 Å². The van der Waals surface area contributed by atoms with Gasteiger partial charge in [-0.15, -0.1) is 0 Å². The number of rotatable bonds is 6. The molecule has 0 saturated carbocycles. The number of likely N-dealkylation sites (tertiary alicyclic amines) is 1. The lowest BCUT2D eigenvalue weighted by Crippen LogP contribution is -2.50. The Bertz CT molecular complexity index is 725. The molecule has 2 heterocycles. The lowest BCUT2D eigenvalue weighted by molar-refractivity contribution is -0.133. The van der Waals surface area contributed by atoms with E-state index in [1.54, 1.807) is 7.11 Å². The molecule has 1 N–H and O–H groups in total. The van der Waals surface area contributed by atoms with E-state index in [4.69, 9.17) is 9.15 Å². The SMILES string of the molecule is CCC(=O)N1CC[C@@H](NCc2cc3cccc(OC)c3o2)[C@H](CC)C1. The van der Waals surface area contributed by atoms with Crippen molar-refractivity contribution in [3.05, 3.63) is 30.0 Å². The highest BCUT2D eigenvalue weighted by atomic mass is 16.5. The van der Waals surface area contributed by atoms with Gasteiger partial charge in [-0.3, -0.25) is 4.79 Å². The zero-order valence-corrected chi connectivity index (χ0v) is 15.4. The van der Waals surface area contributed by atoms with Crippen molar-refractivity contribution in [2.75, 3.05) is 20.2 Å². The van der Waals surface area contributed by atoms with Crippen LogP contribution in [0.1, 0.15) is 38.9 Å². The normalized spacial score (nSPS) is 20.8. The minimum Gasteiger partial charge on any atom is -0.493 e. The van der Waals surface area contributed by atoms with Crippen molar-refractivity contribution in [3.63, 3.8) is 0 Å². The third-order valence-electron chi connectivity index (χ3n) is 5.23. The third-order valence-corrected chi connectivity index (χ3v) is 5.23. The maximum absolute atomic E-state index is 12.0. The summed E-state index contributed by atoms with van der Waals surface area (Å²) in [7, 11) is 1.66. The van der Waals surface area contributed by atoms with Gasteiger partial charge < -0.3 is 19.4 Å². The quantitative estimate of drug-likeness (QED) is 0.870. The predicted molar refractivity (Wildman–Crippen MR) is 98.7 cm³/mol. The number of ether oxygens (including phenoxy) is 1. The van der Waals surface area contributed by atoms with Gasteiger partial charge in [-0.1, -0.05) is 32.4 Å². The summed E-state index contributed by atoms with van der Waals surface area (Å²) in [4.78, 5) is 14.0. The Balaban J connectivity index is 1.64. The van der Waals surface area contributed by atoms with Crippen LogP contribution in [0.15, 0.2) is 28.7 Å². The summed E-state index contributed by atoms with van der Waals surface area (Å²) in [5.41, 5.74) is 0.803. The number of hydrogen-bond acceptors (Lipinski definition) is 4. The molecular formula is C20H28N2O3. The van der Waals surface area contributed by atoms with Crippen LogP contribution in [0.5, 0.6) is 5.75 Å². The van der Waals surface area contributed by atoms with Crippen LogP contribution in [-0.2, 0) is 11.3 Å². The number of amides is 1. The molecule has 1 aliphatic heterocycles. The maximum atomic E-state index is 12.0. The molecule has 0 radical (unpaired) electrons. The maximum Gasteiger partial charge on any atom is 0.222 e. The highest BCUT2D eigenvalue weighted by Crippen LogP contribution is 2.29. The van der Waals surface area contributed by atoms with Gasteiger partial charge >= 0.3 is 0 Å². The number of methoxy groups -OCH3 is 1. The summed E-state index contributed by atoms with van der Waals surface area (Å²) in [6, 6.07) is 8.41. The lowest BCUT2D eigenvalue weighted by Gasteiger charge is -2.38. The molecule has 1 amide bonds. The van der Waals surface area contributed by atoms with Gasteiger partial charge in [-0.25, -0.2) is 0 Å². The first kappa shape index (κ1) is 17.8. The van der Waals surface area contributed by atoms with E-state index in [0.717, 1.165) is 48.4 Å². The van der Waals surface area contributed by atoms with Crippen LogP contribution in [0.3, 0.4) is 0 Å². The van der Waals surface area contributed by atoms with Gasteiger partial charge in [0.25, 0.3) is 0 Å². The monoisotopic (exact) mass is 344 g/mol. The molecule has 1 fully saturated rings. The van der Waals surface area contributed by atoms with E-state index in [-0.39, 0.29) is 5.91 Å². The van der Waals surface area contributed by atoms with Gasteiger partial charge in [0.15, 0.2) is 11.3 Å². The Morgan fingerprint density at radius 1 is 1.40 bits per heavy atom. The molecule has 5 nitrogen and oxygen atoms in total. The molecule has 1 aromatic heterocycles. The molecular weight excluding hydrogens is 316 g/mol. The van der Waals surface area contributed by atoms with Gasteiger partial charge in [0.1, 0.15) is 5.76 Å². The fourth-order valence-corrected chi connectivity index (χ4v) is 3.73. The highest BCUT2D eigenvalue weighted by molar-refractivity contribution is 5.83. The topological polar surface area (TPSA) is 54.7 Å². The van der Waals surface area contributed by atoms with Crippen LogP contribution in [0, 0.1) is 5.92 Å². The van der Waals surface area contributed by atoms with E-state index in [1.807, 2.05) is 30.0 Å². The van der Waals surface area contributed by atoms with Crippen molar-refractivity contribution in [1.29, 1.82) is 0 Å². The fourth-order valence-electron chi connectivity index (χ4n) is 3.73. The average Bonchev–Trinajstić information content (AvgIpc) is 3.08. The zero-order valence-electron chi connectivity index (χ0n) is 15.4. The van der Waals surface area contributed by atoms with Gasteiger partial charge in [0, 0.05) is 30.9 Å². The Morgan fingerprint density at radius 3 is 2.96 bits per heavy atom. The molecule has 1 aromatic carbocycles. The van der Waals surface area contributed by atoms with Crippen molar-refractivity contribution in [1.82, 2.24) is 10.2 Å². The Labute approximate surface area is 149 Å². The van der Waals surface area contributed by atoms with Crippen LogP contribution in [0.2, 0.25) is 0 Å². The van der Waals surface area contributed by atoms with Crippen LogP contribution in [0.4, 0.5) is 0 Å². The Morgan fingerprint density at radius 2 is 2.24 bits per heavy atom. The van der Waals surface area contributed by atoms with E-state index < -0.39 is 0 Å². The van der Waals surface area contributed by atoms with E-state index in [0.29, 0.717) is 24.9 Å². The highest BCUT2D eigenvalue weighted by Gasteiger charge is 2.29. The third kappa shape index (κ3) is 3.82. The molecule has 0 aliphatic carbocycles. The standard InChI is InChI=1S/C20H28N2O3/c1-4-14-13-22(19(23)5-2)10-9-17(14)21-12-16-11-15-7-6-8-18(24-3)20(15)25-16/h6-8,11,14,17,21H,4-5,9-10,12-13H2,1-3H3/t14-,17-/m1/s1. The van der Waals surface area contributed by atoms with Crippen LogP contribution in [-0.4, -0.2) is 37.0 Å². The minimum atomic E-state index is 0.265. The van der Waals surface area contributed by atoms with Crippen LogP contribution < -0.4 is 10.1 Å². The van der Waals surface area contributed by atoms with Crippen molar-refractivity contribution in [2.45, 2.75) is 45.7 Å². The number of fused-ring (bicyclic) bond motifs is 1. The average molecular weight is 344 g/mol. The van der Waals surface area contributed by atoms with Gasteiger partial charge in [-0.2, -0.15) is 0 Å². The molecule has 3 rings (SSSR count). The van der Waals surface area contributed by atoms with Crippen LogP contribution >= 0.6 is 0 Å². The molecule has 136 valence electrons. The number of piperidine rings is 1. The minimum absolute atomic E-state index is 0.265. The lowest BCUT2D eigenvalue weighted by atomic mass is 9.89. The second-order valence-corrected chi connectivity index (χ2v) is 6.73. The smallest absolute Gasteiger partial charge is 0.222 e. The number of carbonyl (C=O) groups is 1. The Kier molecular flexibility index (Phi) is 5.63. The summed E-state index contributed by atoms with van der Waals surface area (Å²) in [6.45, 7) is 6.53. The summed E-state index contributed by atoms with van der Waals surface area (Å²) in [5, 5.41) is 4.70. The molecule has 0 unspecified atom stereocenters. The molecule has 5 heteroatoms. The summed E-state index contributed by atoms with van der Waals surface area (Å²) < 4.78 is 11.3. The van der Waals surface area contributed by atoms with Crippen LogP contribution in [0.25, 0.3) is 11.0 Å². The summed E-state index contributed by atoms with van der Waals surface area (Å²) >= 11 is 0. The predicted octanol–water partition coefficient (Wildman–Crippen LogP) is 3.57. The molecule has 0 bridgehead atoms. The van der Waals surface area contributed by atoms with E-state index in [9.17, 15) is 4.79 Å². The van der Waals surface area contributed by atoms with E-state index in [1.165, 1.54) is 0 Å². The summed E-state index contributed by atoms with van der Waals surface area (Å²) in [5.74, 6) is 2.44. The fraction of sp³-hybridized carbons (Fsp3) is 0.550. The number of furan rings is 1. The number of para-hydroxylation sites is 1. The molecule has 25 heavy (non-hydrogen) atoms. The second kappa shape index (κ2) is 7.91. The number of hydrogen-bond donors (Lipinski definition) is 1.